The van der Waals surface area contributed by atoms with Crippen molar-refractivity contribution in [1.29, 1.82) is 0 Å². The summed E-state index contributed by atoms with van der Waals surface area (Å²) in [6.45, 7) is 1.38. The molecule has 0 saturated heterocycles. The van der Waals surface area contributed by atoms with E-state index in [0.29, 0.717) is 13.2 Å². The highest BCUT2D eigenvalue weighted by molar-refractivity contribution is 5.53. The van der Waals surface area contributed by atoms with Crippen LogP contribution < -0.4 is 0 Å². The molecule has 0 aliphatic rings. The van der Waals surface area contributed by atoms with Gasteiger partial charge in [0.2, 0.25) is 0 Å². The predicted octanol–water partition coefficient (Wildman–Crippen LogP) is 0.502. The Kier molecular flexibility index (Phi) is 13.2. The molecule has 0 heterocycles. The molecule has 5 nitrogen and oxygen atoms in total. The molecule has 2 N–H and O–H groups in total. The van der Waals surface area contributed by atoms with E-state index < -0.39 is 6.16 Å². The smallest absolute Gasteiger partial charge is 0.450 e. The van der Waals surface area contributed by atoms with Crippen LogP contribution >= 0.6 is 0 Å². The van der Waals surface area contributed by atoms with Gasteiger partial charge in [-0.2, -0.15) is 0 Å². The Labute approximate surface area is 59.2 Å². The maximum atomic E-state index is 8.56. The Bertz CT molecular complexity index is 64.4. The monoisotopic (exact) mass is 152 g/mol. The summed E-state index contributed by atoms with van der Waals surface area (Å²) in [5.74, 6) is 0. The summed E-state index contributed by atoms with van der Waals surface area (Å²) >= 11 is 0. The quantitative estimate of drug-likeness (QED) is 0.576. The van der Waals surface area contributed by atoms with Gasteiger partial charge in [0.25, 0.3) is 0 Å². The van der Waals surface area contributed by atoms with Gasteiger partial charge < -0.3 is 19.7 Å². The standard InChI is InChI=1S/C4H10O2.CH2O3/c1-5-3-4-6-2;2-1(3)4/h3-4H2,1-2H3;(H2,2,3,4). The SMILES string of the molecule is COCCOC.O=C(O)O. The molecule has 0 aliphatic heterocycles. The van der Waals surface area contributed by atoms with Gasteiger partial charge in [0.05, 0.1) is 13.2 Å². The summed E-state index contributed by atoms with van der Waals surface area (Å²) in [7, 11) is 3.30. The van der Waals surface area contributed by atoms with Crippen molar-refractivity contribution in [2.24, 2.45) is 0 Å². The summed E-state index contributed by atoms with van der Waals surface area (Å²) in [4.78, 5) is 8.56. The molecule has 62 valence electrons. The van der Waals surface area contributed by atoms with Crippen molar-refractivity contribution in [2.75, 3.05) is 27.4 Å². The van der Waals surface area contributed by atoms with Gasteiger partial charge in [-0.3, -0.25) is 0 Å². The zero-order chi connectivity index (χ0) is 8.41. The lowest BCUT2D eigenvalue weighted by Crippen LogP contribution is -1.96. The van der Waals surface area contributed by atoms with Crippen LogP contribution in [0.3, 0.4) is 0 Å². The summed E-state index contributed by atoms with van der Waals surface area (Å²) in [6, 6.07) is 0. The van der Waals surface area contributed by atoms with Crippen LogP contribution in [0.15, 0.2) is 0 Å². The molecule has 0 aromatic rings. The molecule has 0 bridgehead atoms. The Morgan fingerprint density at radius 1 is 1.20 bits per heavy atom. The van der Waals surface area contributed by atoms with Crippen LogP contribution in [-0.2, 0) is 9.47 Å². The van der Waals surface area contributed by atoms with Gasteiger partial charge in [-0.15, -0.1) is 0 Å². The Hall–Kier alpha value is -0.810. The van der Waals surface area contributed by atoms with Gasteiger partial charge >= 0.3 is 6.16 Å². The number of carboxylic acid groups (broad SMARTS) is 2. The van der Waals surface area contributed by atoms with Crippen LogP contribution in [0, 0.1) is 0 Å². The molecule has 0 radical (unpaired) electrons. The third kappa shape index (κ3) is 57.4. The number of hydrogen-bond donors (Lipinski definition) is 2. The van der Waals surface area contributed by atoms with Gasteiger partial charge in [-0.1, -0.05) is 0 Å². The van der Waals surface area contributed by atoms with E-state index in [9.17, 15) is 0 Å². The second-order valence-electron chi connectivity index (χ2n) is 1.27. The van der Waals surface area contributed by atoms with Crippen molar-refractivity contribution in [3.63, 3.8) is 0 Å². The molecule has 0 amide bonds. The molecule has 0 spiro atoms. The van der Waals surface area contributed by atoms with Gasteiger partial charge in [0.1, 0.15) is 0 Å². The number of ether oxygens (including phenoxy) is 2. The summed E-state index contributed by atoms with van der Waals surface area (Å²) < 4.78 is 9.31. The first kappa shape index (κ1) is 11.9. The van der Waals surface area contributed by atoms with E-state index >= 15 is 0 Å². The highest BCUT2D eigenvalue weighted by Crippen LogP contribution is 1.65. The van der Waals surface area contributed by atoms with E-state index in [-0.39, 0.29) is 0 Å². The Balaban J connectivity index is 0. The molecular weight excluding hydrogens is 140 g/mol. The number of rotatable bonds is 3. The Morgan fingerprint density at radius 2 is 1.40 bits per heavy atom. The van der Waals surface area contributed by atoms with Crippen LogP contribution in [0.5, 0.6) is 0 Å². The van der Waals surface area contributed by atoms with Crippen LogP contribution in [0.25, 0.3) is 0 Å². The fourth-order valence-electron chi connectivity index (χ4n) is 0.167. The van der Waals surface area contributed by atoms with Crippen LogP contribution in [0.4, 0.5) is 4.79 Å². The van der Waals surface area contributed by atoms with Gasteiger partial charge in [0, 0.05) is 14.2 Å². The third-order valence-corrected chi connectivity index (χ3v) is 0.492. The number of hydrogen-bond acceptors (Lipinski definition) is 3. The van der Waals surface area contributed by atoms with Crippen molar-refractivity contribution in [3.8, 4) is 0 Å². The van der Waals surface area contributed by atoms with Crippen LogP contribution in [0.1, 0.15) is 0 Å². The van der Waals surface area contributed by atoms with Gasteiger partial charge in [-0.05, 0) is 0 Å². The molecule has 0 aliphatic carbocycles. The zero-order valence-corrected chi connectivity index (χ0v) is 6.03. The number of carbonyl (C=O) groups is 1. The van der Waals surface area contributed by atoms with E-state index in [0.717, 1.165) is 0 Å². The second kappa shape index (κ2) is 11.0. The highest BCUT2D eigenvalue weighted by Gasteiger charge is 1.73. The van der Waals surface area contributed by atoms with Crippen molar-refractivity contribution in [3.05, 3.63) is 0 Å². The van der Waals surface area contributed by atoms with Gasteiger partial charge in [0.15, 0.2) is 0 Å². The minimum atomic E-state index is -1.83. The summed E-state index contributed by atoms with van der Waals surface area (Å²) in [5.41, 5.74) is 0. The van der Waals surface area contributed by atoms with Crippen molar-refractivity contribution >= 4 is 6.16 Å². The first-order chi connectivity index (χ1) is 4.65. The normalized spacial score (nSPS) is 7.80. The minimum Gasteiger partial charge on any atom is -0.450 e. The molecular formula is C5H12O5. The fourth-order valence-corrected chi connectivity index (χ4v) is 0.167. The molecule has 0 fully saturated rings. The predicted molar refractivity (Wildman–Crippen MR) is 34.4 cm³/mol. The lowest BCUT2D eigenvalue weighted by Gasteiger charge is -1.91. The molecule has 0 rings (SSSR count). The maximum Gasteiger partial charge on any atom is 0.503 e. The largest absolute Gasteiger partial charge is 0.503 e. The fraction of sp³-hybridized carbons (Fsp3) is 0.800. The lowest BCUT2D eigenvalue weighted by atomic mass is 10.8. The zero-order valence-electron chi connectivity index (χ0n) is 6.03. The molecule has 5 heteroatoms. The van der Waals surface area contributed by atoms with Gasteiger partial charge in [-0.25, -0.2) is 4.79 Å². The average Bonchev–Trinajstić information content (AvgIpc) is 1.82. The van der Waals surface area contributed by atoms with E-state index in [4.69, 9.17) is 15.0 Å². The minimum absolute atomic E-state index is 0.691. The molecule has 0 unspecified atom stereocenters. The number of methoxy groups -OCH3 is 2. The van der Waals surface area contributed by atoms with Crippen LogP contribution in [-0.4, -0.2) is 43.8 Å². The first-order valence-electron chi connectivity index (χ1n) is 2.55. The van der Waals surface area contributed by atoms with Crippen LogP contribution in [0.2, 0.25) is 0 Å². The Morgan fingerprint density at radius 3 is 1.50 bits per heavy atom. The highest BCUT2D eigenvalue weighted by atomic mass is 16.6. The van der Waals surface area contributed by atoms with Crippen molar-refractivity contribution in [2.45, 2.75) is 0 Å². The van der Waals surface area contributed by atoms with Crippen molar-refractivity contribution < 1.29 is 24.5 Å². The summed E-state index contributed by atoms with van der Waals surface area (Å²) in [6.07, 6.45) is -1.83. The van der Waals surface area contributed by atoms with E-state index in [1.165, 1.54) is 0 Å². The molecule has 0 atom stereocenters. The van der Waals surface area contributed by atoms with E-state index in [1.807, 2.05) is 0 Å². The molecule has 0 aromatic heterocycles. The molecule has 10 heavy (non-hydrogen) atoms. The topological polar surface area (TPSA) is 76.0 Å². The first-order valence-corrected chi connectivity index (χ1v) is 2.55. The third-order valence-electron chi connectivity index (χ3n) is 0.492. The maximum absolute atomic E-state index is 8.56. The molecule has 0 saturated carbocycles. The van der Waals surface area contributed by atoms with E-state index in [2.05, 4.69) is 9.47 Å². The summed E-state index contributed by atoms with van der Waals surface area (Å²) in [5, 5.41) is 13.9. The van der Waals surface area contributed by atoms with E-state index in [1.54, 1.807) is 14.2 Å². The second-order valence-corrected chi connectivity index (χ2v) is 1.27. The van der Waals surface area contributed by atoms with Crippen molar-refractivity contribution in [1.82, 2.24) is 0 Å². The molecule has 0 aromatic carbocycles. The average molecular weight is 152 g/mol. The lowest BCUT2D eigenvalue weighted by molar-refractivity contribution is 0.103.